The summed E-state index contributed by atoms with van der Waals surface area (Å²) in [5, 5.41) is 14.3. The molecule has 3 rings (SSSR count). The summed E-state index contributed by atoms with van der Waals surface area (Å²) in [5.74, 6) is 1.02. The topological polar surface area (TPSA) is 55.2 Å². The highest BCUT2D eigenvalue weighted by Gasteiger charge is 2.15. The lowest BCUT2D eigenvalue weighted by atomic mass is 10.1. The second kappa shape index (κ2) is 8.95. The molecular formula is C20H24N2O2S2. The molecule has 0 aliphatic carbocycles. The number of aliphatic hydroxyl groups is 1. The molecule has 0 amide bonds. The van der Waals surface area contributed by atoms with Gasteiger partial charge in [-0.05, 0) is 18.4 Å². The van der Waals surface area contributed by atoms with Crippen LogP contribution in [0.3, 0.4) is 0 Å². The molecule has 2 heterocycles. The molecule has 1 atom stereocenters. The van der Waals surface area contributed by atoms with E-state index in [9.17, 15) is 5.11 Å². The zero-order valence-corrected chi connectivity index (χ0v) is 16.9. The number of thiophene rings is 1. The molecule has 0 spiro atoms. The number of rotatable bonds is 8. The molecular weight excluding hydrogens is 364 g/mol. The summed E-state index contributed by atoms with van der Waals surface area (Å²) in [7, 11) is 0. The zero-order valence-electron chi connectivity index (χ0n) is 15.3. The normalized spacial score (nSPS) is 12.8. The van der Waals surface area contributed by atoms with E-state index in [1.165, 1.54) is 11.1 Å². The average molecular weight is 389 g/mol. The fourth-order valence-corrected chi connectivity index (χ4v) is 4.47. The molecule has 6 heteroatoms. The number of thioether (sulfide) groups is 1. The predicted octanol–water partition coefficient (Wildman–Crippen LogP) is 4.79. The van der Waals surface area contributed by atoms with Crippen LogP contribution in [0.15, 0.2) is 41.0 Å². The Balaban J connectivity index is 1.76. The number of aryl methyl sites for hydroxylation is 1. The monoisotopic (exact) mass is 388 g/mol. The van der Waals surface area contributed by atoms with Crippen LogP contribution < -0.4 is 0 Å². The summed E-state index contributed by atoms with van der Waals surface area (Å²) in [6.07, 6.45) is 1.09. The Morgan fingerprint density at radius 3 is 2.65 bits per heavy atom. The molecule has 0 bridgehead atoms. The largest absolute Gasteiger partial charge is 0.390 e. The van der Waals surface area contributed by atoms with Crippen molar-refractivity contribution >= 4 is 33.3 Å². The molecule has 1 unspecified atom stereocenters. The van der Waals surface area contributed by atoms with Crippen molar-refractivity contribution in [3.8, 4) is 11.1 Å². The van der Waals surface area contributed by atoms with Gasteiger partial charge in [0.1, 0.15) is 16.2 Å². The number of nitrogens with zero attached hydrogens (tertiary/aromatic N) is 2. The highest BCUT2D eigenvalue weighted by molar-refractivity contribution is 7.99. The smallest absolute Gasteiger partial charge is 0.128 e. The molecule has 1 N–H and O–H groups in total. The first-order chi connectivity index (χ1) is 12.5. The first-order valence-electron chi connectivity index (χ1n) is 8.72. The maximum absolute atomic E-state index is 10.2. The van der Waals surface area contributed by atoms with E-state index in [1.54, 1.807) is 29.4 Å². The van der Waals surface area contributed by atoms with Gasteiger partial charge in [-0.15, -0.1) is 23.1 Å². The van der Waals surface area contributed by atoms with E-state index in [-0.39, 0.29) is 0 Å². The van der Waals surface area contributed by atoms with Crippen LogP contribution in [0, 0.1) is 12.8 Å². The lowest BCUT2D eigenvalue weighted by Crippen LogP contribution is -2.19. The van der Waals surface area contributed by atoms with E-state index in [0.717, 1.165) is 20.8 Å². The molecule has 26 heavy (non-hydrogen) atoms. The summed E-state index contributed by atoms with van der Waals surface area (Å²) < 4.78 is 5.53. The molecule has 0 saturated heterocycles. The fourth-order valence-electron chi connectivity index (χ4n) is 2.57. The molecule has 2 aromatic heterocycles. The quantitative estimate of drug-likeness (QED) is 0.444. The molecule has 138 valence electrons. The lowest BCUT2D eigenvalue weighted by Gasteiger charge is -2.12. The third-order valence-electron chi connectivity index (χ3n) is 3.87. The van der Waals surface area contributed by atoms with Crippen LogP contribution in [0.4, 0.5) is 0 Å². The van der Waals surface area contributed by atoms with Crippen LogP contribution in [-0.4, -0.2) is 40.1 Å². The highest BCUT2D eigenvalue weighted by atomic mass is 32.2. The van der Waals surface area contributed by atoms with Crippen LogP contribution in [0.1, 0.15) is 19.4 Å². The van der Waals surface area contributed by atoms with Gasteiger partial charge in [-0.2, -0.15) is 0 Å². The molecule has 0 radical (unpaired) electrons. The van der Waals surface area contributed by atoms with Crippen LogP contribution >= 0.6 is 23.1 Å². The third-order valence-corrected chi connectivity index (χ3v) is 5.89. The van der Waals surface area contributed by atoms with Gasteiger partial charge < -0.3 is 9.84 Å². The number of benzene rings is 1. The number of hydrogen-bond acceptors (Lipinski definition) is 6. The first kappa shape index (κ1) is 19.3. The molecule has 1 aromatic carbocycles. The Morgan fingerprint density at radius 1 is 1.15 bits per heavy atom. The van der Waals surface area contributed by atoms with Crippen molar-refractivity contribution in [1.29, 1.82) is 0 Å². The summed E-state index contributed by atoms with van der Waals surface area (Å²) in [5.41, 5.74) is 3.56. The van der Waals surface area contributed by atoms with Gasteiger partial charge in [-0.25, -0.2) is 9.97 Å². The summed E-state index contributed by atoms with van der Waals surface area (Å²) in [4.78, 5) is 9.85. The van der Waals surface area contributed by atoms with Gasteiger partial charge in [0, 0.05) is 23.3 Å². The SMILES string of the molecule is Cc1ccc(-c2csc3ncnc(SCC(O)COCC(C)C)c23)cc1. The van der Waals surface area contributed by atoms with Gasteiger partial charge in [0.05, 0.1) is 18.1 Å². The molecule has 0 fully saturated rings. The fraction of sp³-hybridized carbons (Fsp3) is 0.400. The van der Waals surface area contributed by atoms with E-state index in [0.29, 0.717) is 24.9 Å². The van der Waals surface area contributed by atoms with Crippen LogP contribution in [-0.2, 0) is 4.74 Å². The molecule has 0 aliphatic heterocycles. The number of hydrogen-bond donors (Lipinski definition) is 1. The van der Waals surface area contributed by atoms with Crippen molar-refractivity contribution in [2.24, 2.45) is 5.92 Å². The minimum atomic E-state index is -0.509. The third kappa shape index (κ3) is 4.82. The van der Waals surface area contributed by atoms with Gasteiger partial charge in [-0.3, -0.25) is 0 Å². The van der Waals surface area contributed by atoms with E-state index < -0.39 is 6.10 Å². The van der Waals surface area contributed by atoms with Crippen molar-refractivity contribution in [3.63, 3.8) is 0 Å². The molecule has 4 nitrogen and oxygen atoms in total. The van der Waals surface area contributed by atoms with Crippen molar-refractivity contribution in [3.05, 3.63) is 41.5 Å². The Morgan fingerprint density at radius 2 is 1.92 bits per heavy atom. The Hall–Kier alpha value is -1.47. The van der Waals surface area contributed by atoms with E-state index in [1.807, 2.05) is 0 Å². The Labute approximate surface area is 162 Å². The minimum absolute atomic E-state index is 0.355. The standard InChI is InChI=1S/C20H24N2O2S2/c1-13(2)8-24-9-16(23)10-25-19-18-17(11-26-20(18)22-12-21-19)15-6-4-14(3)5-7-15/h4-7,11-13,16,23H,8-10H2,1-3H3. The van der Waals surface area contributed by atoms with Gasteiger partial charge in [0.15, 0.2) is 0 Å². The molecule has 0 saturated carbocycles. The van der Waals surface area contributed by atoms with Crippen LogP contribution in [0.25, 0.3) is 21.3 Å². The summed E-state index contributed by atoms with van der Waals surface area (Å²) in [6.45, 7) is 7.31. The maximum Gasteiger partial charge on any atom is 0.128 e. The summed E-state index contributed by atoms with van der Waals surface area (Å²) in [6, 6.07) is 8.50. The average Bonchev–Trinajstić information content (AvgIpc) is 3.05. The summed E-state index contributed by atoms with van der Waals surface area (Å²) >= 11 is 3.19. The number of aliphatic hydroxyl groups excluding tert-OH is 1. The van der Waals surface area contributed by atoms with Gasteiger partial charge in [-0.1, -0.05) is 43.7 Å². The van der Waals surface area contributed by atoms with E-state index >= 15 is 0 Å². The van der Waals surface area contributed by atoms with Crippen LogP contribution in [0.5, 0.6) is 0 Å². The van der Waals surface area contributed by atoms with Crippen molar-refractivity contribution in [1.82, 2.24) is 9.97 Å². The number of fused-ring (bicyclic) bond motifs is 1. The zero-order chi connectivity index (χ0) is 18.5. The Kier molecular flexibility index (Phi) is 6.64. The van der Waals surface area contributed by atoms with E-state index in [2.05, 4.69) is 60.4 Å². The second-order valence-electron chi connectivity index (χ2n) is 6.77. The predicted molar refractivity (Wildman–Crippen MR) is 110 cm³/mol. The number of aromatic nitrogens is 2. The lowest BCUT2D eigenvalue weighted by molar-refractivity contribution is 0.0364. The molecule has 0 aliphatic rings. The second-order valence-corrected chi connectivity index (χ2v) is 8.64. The van der Waals surface area contributed by atoms with Gasteiger partial charge in [0.2, 0.25) is 0 Å². The van der Waals surface area contributed by atoms with E-state index in [4.69, 9.17) is 4.74 Å². The minimum Gasteiger partial charge on any atom is -0.390 e. The molecule has 3 aromatic rings. The number of ether oxygens (including phenoxy) is 1. The Bertz CT molecular complexity index is 847. The van der Waals surface area contributed by atoms with Crippen molar-refractivity contribution < 1.29 is 9.84 Å². The van der Waals surface area contributed by atoms with Crippen LogP contribution in [0.2, 0.25) is 0 Å². The maximum atomic E-state index is 10.2. The van der Waals surface area contributed by atoms with Gasteiger partial charge >= 0.3 is 0 Å². The van der Waals surface area contributed by atoms with Gasteiger partial charge in [0.25, 0.3) is 0 Å². The first-order valence-corrected chi connectivity index (χ1v) is 10.6. The van der Waals surface area contributed by atoms with Crippen molar-refractivity contribution in [2.75, 3.05) is 19.0 Å². The highest BCUT2D eigenvalue weighted by Crippen LogP contribution is 2.38. The van der Waals surface area contributed by atoms with Crippen molar-refractivity contribution in [2.45, 2.75) is 31.9 Å².